The van der Waals surface area contributed by atoms with Crippen LogP contribution in [0.3, 0.4) is 0 Å². The highest BCUT2D eigenvalue weighted by molar-refractivity contribution is 8.18. The first-order valence-electron chi connectivity index (χ1n) is 9.19. The van der Waals surface area contributed by atoms with E-state index in [1.807, 2.05) is 66.7 Å². The third-order valence-corrected chi connectivity index (χ3v) is 5.38. The molecule has 0 bridgehead atoms. The SMILES string of the molecule is C#CCOc1ccc2ccccc2c1/C=C1/SC(=Nc2ccc(OC)cc2)NC1=O. The second-order valence-corrected chi connectivity index (χ2v) is 7.40. The Hall–Kier alpha value is -3.69. The zero-order valence-corrected chi connectivity index (χ0v) is 17.0. The van der Waals surface area contributed by atoms with Crippen LogP contribution in [-0.2, 0) is 4.79 Å². The molecule has 6 heteroatoms. The zero-order valence-electron chi connectivity index (χ0n) is 16.2. The Labute approximate surface area is 178 Å². The van der Waals surface area contributed by atoms with Gasteiger partial charge in [-0.25, -0.2) is 4.99 Å². The molecule has 1 saturated heterocycles. The second kappa shape index (κ2) is 8.76. The number of methoxy groups -OCH3 is 1. The van der Waals surface area contributed by atoms with Gasteiger partial charge in [-0.2, -0.15) is 0 Å². The summed E-state index contributed by atoms with van der Waals surface area (Å²) in [6.07, 6.45) is 7.18. The van der Waals surface area contributed by atoms with E-state index in [1.54, 1.807) is 7.11 Å². The number of amidine groups is 1. The van der Waals surface area contributed by atoms with Crippen LogP contribution in [0.5, 0.6) is 11.5 Å². The number of benzene rings is 3. The number of nitrogens with zero attached hydrogens (tertiary/aromatic N) is 1. The molecule has 3 aromatic carbocycles. The summed E-state index contributed by atoms with van der Waals surface area (Å²) in [7, 11) is 1.61. The van der Waals surface area contributed by atoms with Crippen molar-refractivity contribution in [3.05, 3.63) is 71.1 Å². The van der Waals surface area contributed by atoms with Crippen LogP contribution in [0, 0.1) is 12.3 Å². The van der Waals surface area contributed by atoms with Gasteiger partial charge in [-0.15, -0.1) is 6.42 Å². The number of amides is 1. The normalized spacial score (nSPS) is 15.9. The topological polar surface area (TPSA) is 59.9 Å². The standard InChI is InChI=1S/C24H18N2O3S/c1-3-14-29-21-13-8-16-6-4-5-7-19(16)20(21)15-22-23(27)26-24(30-22)25-17-9-11-18(28-2)12-10-17/h1,4-13,15H,14H2,2H3,(H,25,26,27)/b22-15+. The molecule has 1 aliphatic heterocycles. The Kier molecular flexibility index (Phi) is 5.73. The smallest absolute Gasteiger partial charge is 0.264 e. The molecule has 3 aromatic rings. The highest BCUT2D eigenvalue weighted by Crippen LogP contribution is 2.34. The van der Waals surface area contributed by atoms with Gasteiger partial charge in [0, 0.05) is 5.56 Å². The van der Waals surface area contributed by atoms with E-state index in [9.17, 15) is 4.79 Å². The van der Waals surface area contributed by atoms with Gasteiger partial charge in [0.2, 0.25) is 0 Å². The van der Waals surface area contributed by atoms with Crippen LogP contribution in [0.15, 0.2) is 70.6 Å². The molecule has 0 aliphatic carbocycles. The lowest BCUT2D eigenvalue weighted by Crippen LogP contribution is -2.19. The van der Waals surface area contributed by atoms with Gasteiger partial charge in [0.1, 0.15) is 18.1 Å². The number of fused-ring (bicyclic) bond motifs is 1. The monoisotopic (exact) mass is 414 g/mol. The Morgan fingerprint density at radius 2 is 1.93 bits per heavy atom. The minimum absolute atomic E-state index is 0.151. The van der Waals surface area contributed by atoms with Crippen molar-refractivity contribution >= 4 is 45.4 Å². The molecule has 0 aromatic heterocycles. The number of hydrogen-bond donors (Lipinski definition) is 1. The number of hydrogen-bond acceptors (Lipinski definition) is 5. The molecule has 0 spiro atoms. The molecule has 1 fully saturated rings. The van der Waals surface area contributed by atoms with Crippen LogP contribution in [0.4, 0.5) is 5.69 Å². The summed E-state index contributed by atoms with van der Waals surface area (Å²) in [6, 6.07) is 19.1. The van der Waals surface area contributed by atoms with Crippen LogP contribution in [-0.4, -0.2) is 24.8 Å². The van der Waals surface area contributed by atoms with E-state index in [2.05, 4.69) is 16.2 Å². The predicted octanol–water partition coefficient (Wildman–Crippen LogP) is 4.75. The summed E-state index contributed by atoms with van der Waals surface area (Å²) in [5.41, 5.74) is 1.54. The van der Waals surface area contributed by atoms with Crippen molar-refractivity contribution in [3.63, 3.8) is 0 Å². The number of ether oxygens (including phenoxy) is 2. The van der Waals surface area contributed by atoms with Gasteiger partial charge in [-0.3, -0.25) is 4.79 Å². The summed E-state index contributed by atoms with van der Waals surface area (Å²) in [6.45, 7) is 0.151. The highest BCUT2D eigenvalue weighted by atomic mass is 32.2. The maximum atomic E-state index is 12.6. The van der Waals surface area contributed by atoms with Gasteiger partial charge in [0.25, 0.3) is 5.91 Å². The first-order chi connectivity index (χ1) is 14.7. The summed E-state index contributed by atoms with van der Waals surface area (Å²) in [5, 5.41) is 5.36. The van der Waals surface area contributed by atoms with E-state index in [0.717, 1.165) is 27.8 Å². The van der Waals surface area contributed by atoms with E-state index in [0.29, 0.717) is 15.8 Å². The molecule has 1 heterocycles. The molecule has 5 nitrogen and oxygen atoms in total. The van der Waals surface area contributed by atoms with Crippen molar-refractivity contribution in [2.24, 2.45) is 4.99 Å². The van der Waals surface area contributed by atoms with Gasteiger partial charge in [-0.1, -0.05) is 36.3 Å². The van der Waals surface area contributed by atoms with Gasteiger partial charge in [0.15, 0.2) is 5.17 Å². The minimum Gasteiger partial charge on any atom is -0.497 e. The third kappa shape index (κ3) is 4.17. The molecule has 1 aliphatic rings. The van der Waals surface area contributed by atoms with Gasteiger partial charge >= 0.3 is 0 Å². The summed E-state index contributed by atoms with van der Waals surface area (Å²) in [5.74, 6) is 3.66. The number of nitrogens with one attached hydrogen (secondary N) is 1. The number of rotatable bonds is 5. The molecule has 0 atom stereocenters. The van der Waals surface area contributed by atoms with Gasteiger partial charge in [0.05, 0.1) is 17.7 Å². The fraction of sp³-hybridized carbons (Fsp3) is 0.0833. The first-order valence-corrected chi connectivity index (χ1v) is 10.0. The van der Waals surface area contributed by atoms with E-state index in [1.165, 1.54) is 11.8 Å². The third-order valence-electron chi connectivity index (χ3n) is 4.47. The molecule has 1 amide bonds. The van der Waals surface area contributed by atoms with E-state index >= 15 is 0 Å². The predicted molar refractivity (Wildman–Crippen MR) is 122 cm³/mol. The lowest BCUT2D eigenvalue weighted by atomic mass is 10.0. The largest absolute Gasteiger partial charge is 0.497 e. The number of aliphatic imine (C=N–C) groups is 1. The first kappa shape index (κ1) is 19.6. The fourth-order valence-electron chi connectivity index (χ4n) is 3.06. The minimum atomic E-state index is -0.205. The number of thioether (sulfide) groups is 1. The second-order valence-electron chi connectivity index (χ2n) is 6.37. The van der Waals surface area contributed by atoms with Crippen molar-refractivity contribution in [2.75, 3.05) is 13.7 Å². The van der Waals surface area contributed by atoms with Crippen LogP contribution in [0.25, 0.3) is 16.8 Å². The van der Waals surface area contributed by atoms with Crippen molar-refractivity contribution in [3.8, 4) is 23.8 Å². The van der Waals surface area contributed by atoms with Crippen LogP contribution >= 0.6 is 11.8 Å². The molecular weight excluding hydrogens is 396 g/mol. The van der Waals surface area contributed by atoms with Crippen molar-refractivity contribution in [1.82, 2.24) is 5.32 Å². The lowest BCUT2D eigenvalue weighted by molar-refractivity contribution is -0.115. The highest BCUT2D eigenvalue weighted by Gasteiger charge is 2.24. The molecule has 148 valence electrons. The summed E-state index contributed by atoms with van der Waals surface area (Å²) in [4.78, 5) is 17.6. The zero-order chi connectivity index (χ0) is 20.9. The molecule has 0 radical (unpaired) electrons. The molecular formula is C24H18N2O3S. The van der Waals surface area contributed by atoms with E-state index < -0.39 is 0 Å². The quantitative estimate of drug-likeness (QED) is 0.483. The number of terminal acetylenes is 1. The van der Waals surface area contributed by atoms with Crippen molar-refractivity contribution < 1.29 is 14.3 Å². The van der Waals surface area contributed by atoms with E-state index in [-0.39, 0.29) is 12.5 Å². The van der Waals surface area contributed by atoms with Crippen molar-refractivity contribution in [1.29, 1.82) is 0 Å². The average molecular weight is 414 g/mol. The summed E-state index contributed by atoms with van der Waals surface area (Å²) < 4.78 is 10.9. The van der Waals surface area contributed by atoms with Crippen LogP contribution < -0.4 is 14.8 Å². The van der Waals surface area contributed by atoms with Gasteiger partial charge < -0.3 is 14.8 Å². The molecule has 4 rings (SSSR count). The van der Waals surface area contributed by atoms with Gasteiger partial charge in [-0.05, 0) is 58.9 Å². The molecule has 30 heavy (non-hydrogen) atoms. The Balaban J connectivity index is 1.69. The Bertz CT molecular complexity index is 1210. The number of carbonyl (C=O) groups excluding carboxylic acids is 1. The molecule has 0 saturated carbocycles. The Morgan fingerprint density at radius 1 is 1.13 bits per heavy atom. The van der Waals surface area contributed by atoms with Crippen LogP contribution in [0.1, 0.15) is 5.56 Å². The van der Waals surface area contributed by atoms with Crippen molar-refractivity contribution in [2.45, 2.75) is 0 Å². The fourth-order valence-corrected chi connectivity index (χ4v) is 3.88. The average Bonchev–Trinajstić information content (AvgIpc) is 3.12. The van der Waals surface area contributed by atoms with E-state index in [4.69, 9.17) is 15.9 Å². The van der Waals surface area contributed by atoms with Crippen LogP contribution in [0.2, 0.25) is 0 Å². The Morgan fingerprint density at radius 3 is 2.70 bits per heavy atom. The maximum absolute atomic E-state index is 12.6. The lowest BCUT2D eigenvalue weighted by Gasteiger charge is -2.10. The number of carbonyl (C=O) groups is 1. The molecule has 1 N–H and O–H groups in total. The summed E-state index contributed by atoms with van der Waals surface area (Å²) >= 11 is 1.28. The molecule has 0 unspecified atom stereocenters. The maximum Gasteiger partial charge on any atom is 0.264 e.